The lowest BCUT2D eigenvalue weighted by Gasteiger charge is -2.14. The van der Waals surface area contributed by atoms with Gasteiger partial charge in [0.2, 0.25) is 5.91 Å². The highest BCUT2D eigenvalue weighted by atomic mass is 32.2. The highest BCUT2D eigenvalue weighted by Gasteiger charge is 2.25. The second-order valence-electron chi connectivity index (χ2n) is 8.58. The van der Waals surface area contributed by atoms with Gasteiger partial charge < -0.3 is 20.9 Å². The van der Waals surface area contributed by atoms with Gasteiger partial charge in [0.15, 0.2) is 11.0 Å². The van der Waals surface area contributed by atoms with Crippen molar-refractivity contribution in [2.45, 2.75) is 50.7 Å². The largest absolute Gasteiger partial charge is 0.365 e. The van der Waals surface area contributed by atoms with Gasteiger partial charge in [-0.2, -0.15) is 0 Å². The average Bonchev–Trinajstić information content (AvgIpc) is 3.37. The molecule has 1 aliphatic carbocycles. The van der Waals surface area contributed by atoms with Gasteiger partial charge in [-0.25, -0.2) is 0 Å². The lowest BCUT2D eigenvalue weighted by Crippen LogP contribution is -2.28. The topological polar surface area (TPSA) is 132 Å². The molecule has 3 amide bonds. The molecule has 1 aromatic carbocycles. The number of nitrogens with two attached hydrogens (primary N) is 1. The maximum absolute atomic E-state index is 12.7. The molecule has 35 heavy (non-hydrogen) atoms. The highest BCUT2D eigenvalue weighted by Crippen LogP contribution is 2.38. The van der Waals surface area contributed by atoms with E-state index in [0.29, 0.717) is 27.1 Å². The van der Waals surface area contributed by atoms with Crippen molar-refractivity contribution < 1.29 is 14.4 Å². The van der Waals surface area contributed by atoms with E-state index in [1.807, 2.05) is 32.0 Å². The van der Waals surface area contributed by atoms with E-state index in [-0.39, 0.29) is 23.6 Å². The number of hydrogen-bond acceptors (Lipinski definition) is 7. The fraction of sp³-hybridized carbons (Fsp3) is 0.375. The van der Waals surface area contributed by atoms with Crippen LogP contribution in [0.25, 0.3) is 0 Å². The summed E-state index contributed by atoms with van der Waals surface area (Å²) < 4.78 is 1.76. The minimum atomic E-state index is -0.507. The van der Waals surface area contributed by atoms with Gasteiger partial charge in [0.05, 0.1) is 17.4 Å². The summed E-state index contributed by atoms with van der Waals surface area (Å²) in [5, 5.41) is 15.3. The van der Waals surface area contributed by atoms with E-state index >= 15 is 0 Å². The lowest BCUT2D eigenvalue weighted by molar-refractivity contribution is -0.113. The number of aromatic nitrogens is 3. The molecular weight excluding hydrogens is 484 g/mol. The molecular formula is C24H28N6O3S2. The van der Waals surface area contributed by atoms with Crippen molar-refractivity contribution in [2.24, 2.45) is 12.8 Å². The zero-order valence-corrected chi connectivity index (χ0v) is 21.5. The smallest absolute Gasteiger partial charge is 0.251 e. The number of carbonyl (C=O) groups excluding carboxylic acids is 3. The minimum absolute atomic E-state index is 0.0940. The zero-order chi connectivity index (χ0) is 25.1. The van der Waals surface area contributed by atoms with Crippen LogP contribution >= 0.6 is 23.1 Å². The molecule has 184 valence electrons. The van der Waals surface area contributed by atoms with E-state index in [9.17, 15) is 14.4 Å². The number of aryl methyl sites for hydroxylation is 2. The first-order valence-electron chi connectivity index (χ1n) is 11.4. The Hall–Kier alpha value is -3.18. The van der Waals surface area contributed by atoms with Crippen LogP contribution in [0.4, 0.5) is 5.00 Å². The molecule has 4 rings (SSSR count). The van der Waals surface area contributed by atoms with Gasteiger partial charge in [0.1, 0.15) is 5.00 Å². The van der Waals surface area contributed by atoms with Crippen molar-refractivity contribution in [3.05, 3.63) is 57.2 Å². The molecule has 3 aromatic rings. The Labute approximate surface area is 211 Å². The van der Waals surface area contributed by atoms with Crippen molar-refractivity contribution >= 4 is 45.8 Å². The van der Waals surface area contributed by atoms with Crippen LogP contribution in [0.2, 0.25) is 0 Å². The van der Waals surface area contributed by atoms with Crippen LogP contribution in [0.3, 0.4) is 0 Å². The summed E-state index contributed by atoms with van der Waals surface area (Å²) in [4.78, 5) is 38.4. The number of nitrogens with zero attached hydrogens (tertiary/aromatic N) is 3. The van der Waals surface area contributed by atoms with Crippen molar-refractivity contribution in [3.63, 3.8) is 0 Å². The summed E-state index contributed by atoms with van der Waals surface area (Å²) in [6.07, 6.45) is 3.82. The van der Waals surface area contributed by atoms with E-state index in [1.165, 1.54) is 23.1 Å². The van der Waals surface area contributed by atoms with Crippen LogP contribution < -0.4 is 16.4 Å². The Morgan fingerprint density at radius 1 is 1.23 bits per heavy atom. The number of thioether (sulfide) groups is 1. The summed E-state index contributed by atoms with van der Waals surface area (Å²) >= 11 is 2.67. The Morgan fingerprint density at radius 2 is 2.00 bits per heavy atom. The number of nitrogens with one attached hydrogen (secondary N) is 2. The summed E-state index contributed by atoms with van der Waals surface area (Å²) in [6, 6.07) is 6.99. The van der Waals surface area contributed by atoms with Crippen molar-refractivity contribution in [1.82, 2.24) is 20.1 Å². The quantitative estimate of drug-likeness (QED) is 0.397. The summed E-state index contributed by atoms with van der Waals surface area (Å²) in [6.45, 7) is 3.77. The molecule has 0 radical (unpaired) electrons. The highest BCUT2D eigenvalue weighted by molar-refractivity contribution is 7.99. The van der Waals surface area contributed by atoms with E-state index in [2.05, 4.69) is 20.8 Å². The van der Waals surface area contributed by atoms with Crippen LogP contribution in [0.5, 0.6) is 0 Å². The molecule has 0 bridgehead atoms. The van der Waals surface area contributed by atoms with Gasteiger partial charge in [-0.05, 0) is 57.2 Å². The molecule has 1 aliphatic rings. The molecule has 0 fully saturated rings. The van der Waals surface area contributed by atoms with Gasteiger partial charge in [0.25, 0.3) is 11.8 Å². The Bertz CT molecular complexity index is 1280. The third-order valence-electron chi connectivity index (χ3n) is 5.89. The van der Waals surface area contributed by atoms with Gasteiger partial charge >= 0.3 is 0 Å². The van der Waals surface area contributed by atoms with Crippen molar-refractivity contribution in [2.75, 3.05) is 11.1 Å². The fourth-order valence-corrected chi connectivity index (χ4v) is 6.20. The van der Waals surface area contributed by atoms with E-state index < -0.39 is 5.91 Å². The standard InChI is InChI=1S/C24H28N6O3S2/c1-13-7-6-8-15(11-13)22(33)26-14(2)21-28-29-24(30(21)3)34-12-18(31)27-23-19(20(25)32)16-9-4-5-10-17(16)35-23/h6-8,11,14H,4-5,9-10,12H2,1-3H3,(H2,25,32)(H,26,33)(H,27,31)/t14-/m1/s1. The molecule has 11 heteroatoms. The molecule has 0 spiro atoms. The summed E-state index contributed by atoms with van der Waals surface area (Å²) in [5.41, 5.74) is 8.63. The van der Waals surface area contributed by atoms with E-state index in [4.69, 9.17) is 5.73 Å². The Kier molecular flexibility index (Phi) is 7.56. The first-order chi connectivity index (χ1) is 16.7. The monoisotopic (exact) mass is 512 g/mol. The fourth-order valence-electron chi connectivity index (χ4n) is 4.17. The van der Waals surface area contributed by atoms with Gasteiger partial charge in [0, 0.05) is 17.5 Å². The van der Waals surface area contributed by atoms with Crippen LogP contribution in [0.1, 0.15) is 68.4 Å². The molecule has 4 N–H and O–H groups in total. The second kappa shape index (κ2) is 10.6. The number of carbonyl (C=O) groups is 3. The maximum Gasteiger partial charge on any atom is 0.251 e. The molecule has 0 unspecified atom stereocenters. The molecule has 0 aliphatic heterocycles. The van der Waals surface area contributed by atoms with Crippen molar-refractivity contribution in [3.8, 4) is 0 Å². The molecule has 9 nitrogen and oxygen atoms in total. The minimum Gasteiger partial charge on any atom is -0.365 e. The van der Waals surface area contributed by atoms with Gasteiger partial charge in [-0.3, -0.25) is 14.4 Å². The number of fused-ring (bicyclic) bond motifs is 1. The predicted octanol–water partition coefficient (Wildman–Crippen LogP) is 3.38. The normalized spacial score (nSPS) is 13.7. The van der Waals surface area contributed by atoms with E-state index in [0.717, 1.165) is 41.7 Å². The average molecular weight is 513 g/mol. The molecule has 0 saturated heterocycles. The Morgan fingerprint density at radius 3 is 2.74 bits per heavy atom. The van der Waals surface area contributed by atoms with Crippen LogP contribution in [-0.2, 0) is 24.7 Å². The maximum atomic E-state index is 12.7. The SMILES string of the molecule is Cc1cccc(C(=O)N[C@H](C)c2nnc(SCC(=O)Nc3sc4c(c3C(N)=O)CCCC4)n2C)c1. The first-order valence-corrected chi connectivity index (χ1v) is 13.2. The zero-order valence-electron chi connectivity index (χ0n) is 19.9. The lowest BCUT2D eigenvalue weighted by atomic mass is 9.95. The second-order valence-corrected chi connectivity index (χ2v) is 10.6. The van der Waals surface area contributed by atoms with E-state index in [1.54, 1.807) is 17.7 Å². The number of hydrogen-bond donors (Lipinski definition) is 3. The number of amides is 3. The molecule has 1 atom stereocenters. The van der Waals surface area contributed by atoms with Crippen LogP contribution in [-0.4, -0.2) is 38.2 Å². The van der Waals surface area contributed by atoms with Crippen LogP contribution in [0.15, 0.2) is 29.4 Å². The molecule has 0 saturated carbocycles. The third-order valence-corrected chi connectivity index (χ3v) is 8.11. The molecule has 2 heterocycles. The van der Waals surface area contributed by atoms with Crippen LogP contribution in [0, 0.1) is 6.92 Å². The van der Waals surface area contributed by atoms with Gasteiger partial charge in [-0.1, -0.05) is 29.5 Å². The predicted molar refractivity (Wildman–Crippen MR) is 137 cm³/mol. The summed E-state index contributed by atoms with van der Waals surface area (Å²) in [7, 11) is 1.80. The Balaban J connectivity index is 1.38. The number of rotatable bonds is 8. The number of thiophene rings is 1. The number of primary amides is 1. The van der Waals surface area contributed by atoms with Gasteiger partial charge in [-0.15, -0.1) is 21.5 Å². The summed E-state index contributed by atoms with van der Waals surface area (Å²) in [5.74, 6) is -0.275. The third kappa shape index (κ3) is 5.57. The van der Waals surface area contributed by atoms with Crippen molar-refractivity contribution in [1.29, 1.82) is 0 Å². The molecule has 2 aromatic heterocycles. The number of anilines is 1. The first kappa shape index (κ1) is 24.9. The number of benzene rings is 1.